The Morgan fingerprint density at radius 3 is 1.46 bits per heavy atom. The molecule has 3 aliphatic rings. The number of fused-ring (bicyclic) bond motifs is 2. The highest BCUT2D eigenvalue weighted by atomic mass is 19.1. The monoisotopic (exact) mass is 1980 g/mol. The zero-order valence-corrected chi connectivity index (χ0v) is 79.1. The molecule has 0 radical (unpaired) electrons. The molecule has 5 aromatic carbocycles. The average molecular weight is 1990 g/mol. The van der Waals surface area contributed by atoms with Gasteiger partial charge in [0.05, 0.1) is 66.0 Å². The van der Waals surface area contributed by atoms with E-state index in [1.807, 2.05) is 149 Å². The van der Waals surface area contributed by atoms with Crippen LogP contribution in [0.15, 0.2) is 309 Å². The molecule has 46 heteroatoms. The van der Waals surface area contributed by atoms with Gasteiger partial charge in [-0.3, -0.25) is 111 Å². The number of nitrogens with one attached hydrogen (secondary N) is 10. The molecule has 1 fully saturated rings. The van der Waals surface area contributed by atoms with Gasteiger partial charge in [-0.15, -0.1) is 30.6 Å². The van der Waals surface area contributed by atoms with Crippen molar-refractivity contribution in [2.75, 3.05) is 51.7 Å². The van der Waals surface area contributed by atoms with Crippen molar-refractivity contribution in [3.63, 3.8) is 0 Å². The smallest absolute Gasteiger partial charge is 0.249 e. The first-order valence-corrected chi connectivity index (χ1v) is 46.3. The number of para-hydroxylation sites is 2. The van der Waals surface area contributed by atoms with Crippen LogP contribution in [-0.2, 0) is 54.5 Å². The number of allylic oxidation sites excluding steroid dienone is 2. The van der Waals surface area contributed by atoms with Gasteiger partial charge in [-0.25, -0.2) is 28.4 Å². The van der Waals surface area contributed by atoms with Crippen molar-refractivity contribution in [1.29, 1.82) is 0 Å². The van der Waals surface area contributed by atoms with Crippen molar-refractivity contribution in [1.82, 2.24) is 146 Å². The largest absolute Gasteiger partial charge is 0.494 e. The molecular formula is C102H91F2N37O7. The first-order valence-electron chi connectivity index (χ1n) is 46.3. The predicted molar refractivity (Wildman–Crippen MR) is 542 cm³/mol. The summed E-state index contributed by atoms with van der Waals surface area (Å²) in [5, 5.41) is 66.4. The van der Waals surface area contributed by atoms with Crippen molar-refractivity contribution in [3.05, 3.63) is 344 Å². The second-order valence-electron chi connectivity index (χ2n) is 32.8. The maximum atomic E-state index is 13.6. The number of carbonyl (C=O) groups is 6. The van der Waals surface area contributed by atoms with Gasteiger partial charge in [0, 0.05) is 88.3 Å². The molecule has 10 N–H and O–H groups in total. The number of ketones is 1. The van der Waals surface area contributed by atoms with Gasteiger partial charge in [0.25, 0.3) is 0 Å². The summed E-state index contributed by atoms with van der Waals surface area (Å²) in [5.41, 5.74) is 14.2. The molecule has 740 valence electrons. The van der Waals surface area contributed by atoms with E-state index in [0.29, 0.717) is 107 Å². The molecule has 16 heterocycles. The third-order valence-electron chi connectivity index (χ3n) is 22.5. The molecule has 148 heavy (non-hydrogen) atoms. The lowest BCUT2D eigenvalue weighted by Gasteiger charge is -2.31. The average Bonchev–Trinajstić information content (AvgIpc) is 1.65. The lowest BCUT2D eigenvalue weighted by atomic mass is 9.97. The standard InChI is InChI=1S/C20H17N3O.C17H16FN5O2.C17H18N8O.C17H15N7O.C16H13N9O.C15H12FN5O/c24-17(11-15-9-8-14-5-1-2-6-18(14)15)12-16-13-20(23-22-16)19-7-3-4-10-21-19;1-25-14-7-5-11(10-12(14)18)6-8-15(24)20-17-21-16(22-23-17)13-4-2-3-9-19-13;26-15(12-5-3-10-25(11-12)17-19-8-4-9-20-17)22-16-21-14(23-24-16)13-6-1-2-7-18-13;1-11(24-10-19-12-6-2-3-8-14(12)24)16(25)21-17-20-15(22-23-17)13-7-4-5-9-18-13;26-14(9-11-4-6-12(7-5-11)25-10-18-23-24-25)19-16-20-15(21-22-16)13-3-1-2-8-17-13;16-11-6-4-10(5-7-11)9-13(22)18-15-19-14(20-21-15)12-3-1-2-8-17-12/h1-7,9-10H,8,11-13H2;2-5,7,9-10H,6,8H2,1H3,(H2,20,21,22,23,24);1-2,4,6-9,12H,3,5,10-11H2,(H2,21,22,23,24,26);2-11H,1H3,(H2,20,21,22,23,25);1-8,10H,9H2,(H2,19,20,21,22,26);1-8H,9H2,(H2,18,19,20,21,22). The number of tetrazole rings is 1. The lowest BCUT2D eigenvalue weighted by molar-refractivity contribution is -0.120. The van der Waals surface area contributed by atoms with Crippen LogP contribution in [0, 0.1) is 17.6 Å². The number of Topliss-reactive ketones (excluding diaryl/α,β-unsaturated/α-hetero) is 1. The van der Waals surface area contributed by atoms with Gasteiger partial charge >= 0.3 is 0 Å². The Hall–Kier alpha value is -20.1. The number of ether oxygens (including phenoxy) is 1. The number of halogens is 2. The fourth-order valence-corrected chi connectivity index (χ4v) is 15.2. The summed E-state index contributed by atoms with van der Waals surface area (Å²) in [5.74, 6) is 2.45. The van der Waals surface area contributed by atoms with Crippen LogP contribution in [0.25, 0.3) is 79.9 Å². The van der Waals surface area contributed by atoms with Crippen LogP contribution in [-0.4, -0.2) is 212 Å². The van der Waals surface area contributed by atoms with Crippen molar-refractivity contribution in [2.24, 2.45) is 16.1 Å². The summed E-state index contributed by atoms with van der Waals surface area (Å²) in [6.07, 6.45) is 23.7. The van der Waals surface area contributed by atoms with Crippen molar-refractivity contribution in [2.45, 2.75) is 77.2 Å². The van der Waals surface area contributed by atoms with E-state index in [9.17, 15) is 37.5 Å². The molecule has 44 nitrogen and oxygen atoms in total. The normalized spacial score (nSPS) is 12.8. The van der Waals surface area contributed by atoms with Gasteiger partial charge in [-0.1, -0.05) is 109 Å². The number of carbonyl (C=O) groups excluding carboxylic acids is 6. The lowest BCUT2D eigenvalue weighted by Crippen LogP contribution is -2.41. The Bertz CT molecular complexity index is 7760. The van der Waals surface area contributed by atoms with Gasteiger partial charge in [-0.05, 0) is 204 Å². The summed E-state index contributed by atoms with van der Waals surface area (Å²) in [6, 6.07) is 68.0. The van der Waals surface area contributed by atoms with Crippen LogP contribution < -0.4 is 36.2 Å². The molecule has 0 spiro atoms. The molecule has 1 aliphatic carbocycles. The van der Waals surface area contributed by atoms with Gasteiger partial charge in [-0.2, -0.15) is 35.1 Å². The highest BCUT2D eigenvalue weighted by molar-refractivity contribution is 6.18. The topological polar surface area (TPSA) is 572 Å². The third kappa shape index (κ3) is 27.6. The maximum Gasteiger partial charge on any atom is 0.249 e. The number of aromatic amines is 5. The number of H-pyrrole nitrogens is 5. The number of benzene rings is 5. The molecule has 2 aliphatic heterocycles. The molecule has 1 saturated heterocycles. The second-order valence-corrected chi connectivity index (χ2v) is 32.8. The van der Waals surface area contributed by atoms with Gasteiger partial charge in [0.2, 0.25) is 65.2 Å². The van der Waals surface area contributed by atoms with E-state index in [1.54, 1.807) is 117 Å². The molecule has 0 bridgehead atoms. The first kappa shape index (κ1) is 99.4. The number of rotatable bonds is 28. The Kier molecular flexibility index (Phi) is 33.1. The van der Waals surface area contributed by atoms with E-state index in [2.05, 4.69) is 191 Å². The Morgan fingerprint density at radius 2 is 0.946 bits per heavy atom. The Balaban J connectivity index is 0.000000121. The number of aryl methyl sites for hydroxylation is 1. The van der Waals surface area contributed by atoms with E-state index >= 15 is 0 Å². The van der Waals surface area contributed by atoms with Crippen molar-refractivity contribution < 1.29 is 42.3 Å². The van der Waals surface area contributed by atoms with Crippen LogP contribution in [0.3, 0.4) is 0 Å². The van der Waals surface area contributed by atoms with Crippen molar-refractivity contribution in [3.8, 4) is 69.0 Å². The number of hydrogen-bond donors (Lipinski definition) is 10. The van der Waals surface area contributed by atoms with E-state index < -0.39 is 11.9 Å². The quantitative estimate of drug-likeness (QED) is 0.0218. The van der Waals surface area contributed by atoms with Crippen LogP contribution in [0.4, 0.5) is 44.5 Å². The van der Waals surface area contributed by atoms with Crippen LogP contribution in [0.2, 0.25) is 0 Å². The van der Waals surface area contributed by atoms with E-state index in [1.165, 1.54) is 53.5 Å². The summed E-state index contributed by atoms with van der Waals surface area (Å²) in [6.45, 7) is 3.22. The zero-order valence-electron chi connectivity index (χ0n) is 79.1. The predicted octanol–water partition coefficient (Wildman–Crippen LogP) is 13.3. The number of amides is 5. The minimum Gasteiger partial charge on any atom is -0.494 e. The number of piperidine rings is 1. The highest BCUT2D eigenvalue weighted by Crippen LogP contribution is 2.32. The number of nitrogens with zero attached hydrogens (tertiary/aromatic N) is 27. The van der Waals surface area contributed by atoms with Gasteiger partial charge in [0.15, 0.2) is 40.7 Å². The number of pyridine rings is 6. The first-order chi connectivity index (χ1) is 72.4. The van der Waals surface area contributed by atoms with Crippen LogP contribution in [0.1, 0.15) is 85.0 Å². The number of anilines is 6. The molecule has 0 saturated carbocycles. The molecule has 22 rings (SSSR count). The molecular weight excluding hydrogens is 1890 g/mol. The summed E-state index contributed by atoms with van der Waals surface area (Å²) >= 11 is 0. The number of hydrogen-bond acceptors (Lipinski definition) is 32. The van der Waals surface area contributed by atoms with Gasteiger partial charge in [0.1, 0.15) is 52.4 Å². The maximum absolute atomic E-state index is 13.6. The summed E-state index contributed by atoms with van der Waals surface area (Å²) in [7, 11) is 1.40. The number of methoxy groups -OCH3 is 1. The third-order valence-corrected chi connectivity index (χ3v) is 22.5. The zero-order chi connectivity index (χ0) is 102. The molecule has 19 aromatic rings. The van der Waals surface area contributed by atoms with Crippen LogP contribution >= 0.6 is 0 Å². The van der Waals surface area contributed by atoms with E-state index in [4.69, 9.17) is 4.74 Å². The fourth-order valence-electron chi connectivity index (χ4n) is 15.2. The van der Waals surface area contributed by atoms with Gasteiger partial charge < -0.3 is 14.2 Å². The summed E-state index contributed by atoms with van der Waals surface area (Å²) in [4.78, 5) is 135. The second kappa shape index (κ2) is 49.3. The molecule has 2 atom stereocenters. The SMILES string of the molecule is CC(C(=O)Nc1n[nH]c(-c2ccccn2)n1)n1cnc2ccccc21.COc1ccc(CCC(=O)Nc2n[nH]c(-c3ccccn3)n2)cc1F.O=C(CC1=CCc2ccccc21)CC1=NN=C(c2ccccn2)C1.O=C(Cc1ccc(-n2cnnn2)cc1)Nc1n[nH]c(-c2ccccn2)n1.O=C(Cc1ccc(F)cc1)Nc1n[nH]c(-c2ccccn2)n1.O=C(Nc1n[nH]c(-c2ccccn2)n1)C1CCCN(c2ncccn2)C1. The highest BCUT2D eigenvalue weighted by Gasteiger charge is 2.30. The Morgan fingerprint density at radius 1 is 0.466 bits per heavy atom. The molecule has 2 unspecified atom stereocenters. The minimum absolute atomic E-state index is 0.0998. The Labute approximate surface area is 840 Å². The number of imidazole rings is 1. The van der Waals surface area contributed by atoms with Crippen molar-refractivity contribution >= 4 is 99.0 Å². The minimum atomic E-state index is -0.454. The van der Waals surface area contributed by atoms with E-state index in [-0.39, 0.29) is 102 Å². The number of aromatic nitrogens is 29. The van der Waals surface area contributed by atoms with Crippen LogP contribution in [0.5, 0.6) is 5.75 Å². The fraction of sp³-hybridized carbons (Fsp3) is 0.157. The molecule has 5 amide bonds. The van der Waals surface area contributed by atoms with E-state index in [0.717, 1.165) is 70.8 Å². The molecule has 14 aromatic heterocycles. The summed E-state index contributed by atoms with van der Waals surface area (Å²) < 4.78 is 34.7.